The van der Waals surface area contributed by atoms with E-state index >= 15 is 0 Å². The van der Waals surface area contributed by atoms with E-state index in [9.17, 15) is 4.39 Å². The molecule has 2 rings (SSSR count). The number of halogens is 2. The number of anilines is 1. The number of benzene rings is 2. The van der Waals surface area contributed by atoms with Crippen molar-refractivity contribution in [2.45, 2.75) is 6.54 Å². The quantitative estimate of drug-likeness (QED) is 0.820. The van der Waals surface area contributed by atoms with E-state index in [1.807, 2.05) is 24.3 Å². The van der Waals surface area contributed by atoms with Crippen LogP contribution in [-0.4, -0.2) is 0 Å². The minimum atomic E-state index is -0.408. The second-order valence-corrected chi connectivity index (χ2v) is 4.23. The van der Waals surface area contributed by atoms with Crippen LogP contribution >= 0.6 is 11.6 Å². The van der Waals surface area contributed by atoms with Crippen molar-refractivity contribution in [2.24, 2.45) is 0 Å². The minimum absolute atomic E-state index is 0.131. The van der Waals surface area contributed by atoms with E-state index < -0.39 is 5.82 Å². The Hall–Kier alpha value is -1.98. The molecule has 0 saturated heterocycles. The molecular weight excluding hydrogens is 249 g/mol. The molecule has 2 aromatic rings. The molecule has 0 radical (unpaired) electrons. The molecule has 0 bridgehead atoms. The predicted molar refractivity (Wildman–Crippen MR) is 73.1 cm³/mol. The van der Waals surface area contributed by atoms with Crippen molar-refractivity contribution in [1.29, 1.82) is 0 Å². The molecule has 1 N–H and O–H groups in total. The van der Waals surface area contributed by atoms with Gasteiger partial charge in [-0.05, 0) is 35.9 Å². The van der Waals surface area contributed by atoms with Gasteiger partial charge in [0.1, 0.15) is 5.82 Å². The van der Waals surface area contributed by atoms with E-state index in [2.05, 4.69) is 11.2 Å². The molecule has 0 aliphatic heterocycles. The van der Waals surface area contributed by atoms with Gasteiger partial charge < -0.3 is 5.32 Å². The first-order chi connectivity index (χ1) is 8.69. The standard InChI is InChI=1S/C15H11ClFN/c1-2-11-4-3-5-13(8-11)18-10-12-6-7-15(17)14(16)9-12/h1,3-9,18H,10H2. The maximum atomic E-state index is 13.0. The zero-order valence-electron chi connectivity index (χ0n) is 9.58. The van der Waals surface area contributed by atoms with E-state index in [1.165, 1.54) is 6.07 Å². The van der Waals surface area contributed by atoms with Crippen molar-refractivity contribution in [3.63, 3.8) is 0 Å². The van der Waals surface area contributed by atoms with Gasteiger partial charge in [0, 0.05) is 17.8 Å². The van der Waals surface area contributed by atoms with Crippen molar-refractivity contribution in [1.82, 2.24) is 0 Å². The highest BCUT2D eigenvalue weighted by atomic mass is 35.5. The van der Waals surface area contributed by atoms with Crippen LogP contribution in [0.3, 0.4) is 0 Å². The summed E-state index contributed by atoms with van der Waals surface area (Å²) in [6, 6.07) is 12.2. The molecule has 0 amide bonds. The molecule has 0 aliphatic rings. The maximum Gasteiger partial charge on any atom is 0.141 e. The second-order valence-electron chi connectivity index (χ2n) is 3.83. The highest BCUT2D eigenvalue weighted by Gasteiger charge is 2.01. The lowest BCUT2D eigenvalue weighted by atomic mass is 10.2. The Balaban J connectivity index is 2.07. The molecule has 90 valence electrons. The lowest BCUT2D eigenvalue weighted by Gasteiger charge is -2.07. The van der Waals surface area contributed by atoms with Crippen LogP contribution in [0.1, 0.15) is 11.1 Å². The third-order valence-corrected chi connectivity index (χ3v) is 2.80. The van der Waals surface area contributed by atoms with Gasteiger partial charge in [0.15, 0.2) is 0 Å². The third kappa shape index (κ3) is 3.03. The monoisotopic (exact) mass is 259 g/mol. The van der Waals surface area contributed by atoms with Crippen LogP contribution in [0, 0.1) is 18.2 Å². The largest absolute Gasteiger partial charge is 0.381 e. The van der Waals surface area contributed by atoms with Crippen LogP contribution in [0.25, 0.3) is 0 Å². The zero-order chi connectivity index (χ0) is 13.0. The molecule has 18 heavy (non-hydrogen) atoms. The topological polar surface area (TPSA) is 12.0 Å². The first-order valence-electron chi connectivity index (χ1n) is 5.43. The summed E-state index contributed by atoms with van der Waals surface area (Å²) in [6.45, 7) is 0.564. The Morgan fingerprint density at radius 2 is 2.06 bits per heavy atom. The van der Waals surface area contributed by atoms with Gasteiger partial charge >= 0.3 is 0 Å². The number of hydrogen-bond donors (Lipinski definition) is 1. The fourth-order valence-corrected chi connectivity index (χ4v) is 1.78. The van der Waals surface area contributed by atoms with E-state index in [0.29, 0.717) is 6.54 Å². The van der Waals surface area contributed by atoms with E-state index in [-0.39, 0.29) is 5.02 Å². The van der Waals surface area contributed by atoms with E-state index in [4.69, 9.17) is 18.0 Å². The Labute approximate surface area is 111 Å². The smallest absolute Gasteiger partial charge is 0.141 e. The first kappa shape index (κ1) is 12.5. The number of hydrogen-bond acceptors (Lipinski definition) is 1. The molecule has 0 saturated carbocycles. The van der Waals surface area contributed by atoms with Gasteiger partial charge in [-0.2, -0.15) is 0 Å². The summed E-state index contributed by atoms with van der Waals surface area (Å²) in [5.41, 5.74) is 2.65. The van der Waals surface area contributed by atoms with Crippen molar-refractivity contribution < 1.29 is 4.39 Å². The van der Waals surface area contributed by atoms with Crippen LogP contribution in [0.4, 0.5) is 10.1 Å². The fraction of sp³-hybridized carbons (Fsp3) is 0.0667. The zero-order valence-corrected chi connectivity index (χ0v) is 10.3. The maximum absolute atomic E-state index is 13.0. The van der Waals surface area contributed by atoms with Crippen LogP contribution in [0.5, 0.6) is 0 Å². The summed E-state index contributed by atoms with van der Waals surface area (Å²) in [4.78, 5) is 0. The molecular formula is C15H11ClFN. The highest BCUT2D eigenvalue weighted by molar-refractivity contribution is 6.30. The molecule has 0 fully saturated rings. The molecule has 0 spiro atoms. The second kappa shape index (κ2) is 5.57. The average Bonchev–Trinajstić information content (AvgIpc) is 2.40. The Kier molecular flexibility index (Phi) is 3.86. The van der Waals surface area contributed by atoms with Gasteiger partial charge in [-0.3, -0.25) is 0 Å². The lowest BCUT2D eigenvalue weighted by molar-refractivity contribution is 0.627. The molecule has 1 nitrogen and oxygen atoms in total. The lowest BCUT2D eigenvalue weighted by Crippen LogP contribution is -1.99. The SMILES string of the molecule is C#Cc1cccc(NCc2ccc(F)c(Cl)c2)c1. The number of terminal acetylenes is 1. The predicted octanol–water partition coefficient (Wildman–Crippen LogP) is 4.07. The molecule has 0 unspecified atom stereocenters. The first-order valence-corrected chi connectivity index (χ1v) is 5.81. The molecule has 0 atom stereocenters. The Morgan fingerprint density at radius 3 is 2.78 bits per heavy atom. The molecule has 0 heterocycles. The van der Waals surface area contributed by atoms with Crippen molar-refractivity contribution >= 4 is 17.3 Å². The van der Waals surface area contributed by atoms with Gasteiger partial charge in [0.2, 0.25) is 0 Å². The van der Waals surface area contributed by atoms with Crippen molar-refractivity contribution in [2.75, 3.05) is 5.32 Å². The normalized spacial score (nSPS) is 9.83. The summed E-state index contributed by atoms with van der Waals surface area (Å²) < 4.78 is 13.0. The van der Waals surface area contributed by atoms with Gasteiger partial charge in [0.25, 0.3) is 0 Å². The summed E-state index contributed by atoms with van der Waals surface area (Å²) in [5, 5.41) is 3.34. The highest BCUT2D eigenvalue weighted by Crippen LogP contribution is 2.17. The van der Waals surface area contributed by atoms with Crippen LogP contribution < -0.4 is 5.32 Å². The van der Waals surface area contributed by atoms with Crippen molar-refractivity contribution in [3.05, 3.63) is 64.4 Å². The molecule has 2 aromatic carbocycles. The van der Waals surface area contributed by atoms with E-state index in [0.717, 1.165) is 16.8 Å². The van der Waals surface area contributed by atoms with Crippen LogP contribution in [0.2, 0.25) is 5.02 Å². The summed E-state index contributed by atoms with van der Waals surface area (Å²) >= 11 is 5.71. The van der Waals surface area contributed by atoms with Gasteiger partial charge in [-0.1, -0.05) is 29.7 Å². The third-order valence-electron chi connectivity index (χ3n) is 2.51. The summed E-state index contributed by atoms with van der Waals surface area (Å²) in [7, 11) is 0. The molecule has 0 aromatic heterocycles. The van der Waals surface area contributed by atoms with E-state index in [1.54, 1.807) is 12.1 Å². The molecule has 0 aliphatic carbocycles. The minimum Gasteiger partial charge on any atom is -0.381 e. The fourth-order valence-electron chi connectivity index (χ4n) is 1.57. The summed E-state index contributed by atoms with van der Waals surface area (Å²) in [5.74, 6) is 2.16. The van der Waals surface area contributed by atoms with Gasteiger partial charge in [-0.15, -0.1) is 6.42 Å². The number of nitrogens with one attached hydrogen (secondary N) is 1. The average molecular weight is 260 g/mol. The van der Waals surface area contributed by atoms with Gasteiger partial charge in [0.05, 0.1) is 5.02 Å². The number of rotatable bonds is 3. The Bertz CT molecular complexity index is 602. The van der Waals surface area contributed by atoms with Gasteiger partial charge in [-0.25, -0.2) is 4.39 Å². The Morgan fingerprint density at radius 1 is 1.22 bits per heavy atom. The van der Waals surface area contributed by atoms with Crippen molar-refractivity contribution in [3.8, 4) is 12.3 Å². The summed E-state index contributed by atoms with van der Waals surface area (Å²) in [6.07, 6.45) is 5.33. The molecule has 3 heteroatoms. The van der Waals surface area contributed by atoms with Crippen LogP contribution in [0.15, 0.2) is 42.5 Å². The van der Waals surface area contributed by atoms with Crippen LogP contribution in [-0.2, 0) is 6.54 Å².